The third-order valence-corrected chi connectivity index (χ3v) is 5.42. The number of aryl methyl sites for hydroxylation is 1. The molecule has 0 heterocycles. The maximum absolute atomic E-state index is 11.0. The molecular weight excluding hydrogens is 316 g/mol. The van der Waals surface area contributed by atoms with Crippen molar-refractivity contribution in [2.75, 3.05) is 0 Å². The van der Waals surface area contributed by atoms with Gasteiger partial charge in [-0.2, -0.15) is 0 Å². The first-order valence-electron chi connectivity index (χ1n) is 9.32. The van der Waals surface area contributed by atoms with Crippen molar-refractivity contribution in [3.05, 3.63) is 113 Å². The Morgan fingerprint density at radius 2 is 1.35 bits per heavy atom. The van der Waals surface area contributed by atoms with Gasteiger partial charge in [0.05, 0.1) is 6.10 Å². The molecule has 1 N–H and O–H groups in total. The Bertz CT molecular complexity index is 850. The molecule has 0 amide bonds. The molecule has 1 heteroatoms. The number of hydrogen-bond donors (Lipinski definition) is 1. The predicted octanol–water partition coefficient (Wildman–Crippen LogP) is 5.94. The Balaban J connectivity index is 1.76. The van der Waals surface area contributed by atoms with Crippen LogP contribution in [-0.4, -0.2) is 5.11 Å². The Hall–Kier alpha value is -2.64. The zero-order chi connectivity index (χ0) is 17.9. The van der Waals surface area contributed by atoms with E-state index in [1.807, 2.05) is 0 Å². The van der Waals surface area contributed by atoms with Crippen molar-refractivity contribution in [1.29, 1.82) is 0 Å². The van der Waals surface area contributed by atoms with Crippen LogP contribution in [0.2, 0.25) is 0 Å². The zero-order valence-corrected chi connectivity index (χ0v) is 15.1. The van der Waals surface area contributed by atoms with Crippen LogP contribution >= 0.6 is 0 Å². The Morgan fingerprint density at radius 3 is 1.81 bits per heavy atom. The van der Waals surface area contributed by atoms with Crippen molar-refractivity contribution in [2.24, 2.45) is 5.92 Å². The predicted molar refractivity (Wildman–Crippen MR) is 108 cm³/mol. The average Bonchev–Trinajstić information content (AvgIpc) is 2.67. The molecule has 0 radical (unpaired) electrons. The number of hydrogen-bond acceptors (Lipinski definition) is 1. The van der Waals surface area contributed by atoms with Crippen molar-refractivity contribution < 1.29 is 5.11 Å². The lowest BCUT2D eigenvalue weighted by Crippen LogP contribution is -2.25. The van der Waals surface area contributed by atoms with Gasteiger partial charge in [-0.15, -0.1) is 0 Å². The van der Waals surface area contributed by atoms with E-state index in [2.05, 4.69) is 91.9 Å². The van der Waals surface area contributed by atoms with Crippen molar-refractivity contribution in [1.82, 2.24) is 0 Å². The van der Waals surface area contributed by atoms with Crippen molar-refractivity contribution in [3.8, 4) is 0 Å². The summed E-state index contributed by atoms with van der Waals surface area (Å²) in [6.07, 6.45) is 1.64. The van der Waals surface area contributed by atoms with E-state index < -0.39 is 6.10 Å². The lowest BCUT2D eigenvalue weighted by atomic mass is 9.70. The minimum absolute atomic E-state index is 0.188. The maximum Gasteiger partial charge on any atom is 0.0855 e. The third kappa shape index (κ3) is 3.23. The van der Waals surface area contributed by atoms with E-state index in [0.717, 1.165) is 18.4 Å². The molecule has 0 aliphatic heterocycles. The second-order valence-corrected chi connectivity index (χ2v) is 7.13. The minimum atomic E-state index is -0.443. The van der Waals surface area contributed by atoms with E-state index in [1.165, 1.54) is 27.8 Å². The first-order chi connectivity index (χ1) is 12.7. The summed E-state index contributed by atoms with van der Waals surface area (Å²) in [5.41, 5.74) is 7.35. The van der Waals surface area contributed by atoms with E-state index >= 15 is 0 Å². The molecule has 0 saturated heterocycles. The summed E-state index contributed by atoms with van der Waals surface area (Å²) in [6.45, 7) is 2.08. The molecule has 3 aromatic rings. The summed E-state index contributed by atoms with van der Waals surface area (Å²) in [7, 11) is 0. The van der Waals surface area contributed by atoms with Gasteiger partial charge in [0.25, 0.3) is 0 Å². The highest BCUT2D eigenvalue weighted by Crippen LogP contribution is 2.47. The fraction of sp³-hybridized carbons (Fsp3) is 0.200. The number of rotatable bonds is 4. The van der Waals surface area contributed by atoms with E-state index in [1.54, 1.807) is 0 Å². The summed E-state index contributed by atoms with van der Waals surface area (Å²) in [5.74, 6) is 0.188. The van der Waals surface area contributed by atoms with Gasteiger partial charge in [0, 0.05) is 5.92 Å². The summed E-state index contributed by atoms with van der Waals surface area (Å²) in [4.78, 5) is 0. The van der Waals surface area contributed by atoms with Gasteiger partial charge in [0.2, 0.25) is 0 Å². The minimum Gasteiger partial charge on any atom is -0.388 e. The molecule has 0 aromatic heterocycles. The van der Waals surface area contributed by atoms with E-state index in [9.17, 15) is 5.11 Å². The van der Waals surface area contributed by atoms with Crippen molar-refractivity contribution in [2.45, 2.75) is 25.9 Å². The van der Waals surface area contributed by atoms with Gasteiger partial charge in [-0.05, 0) is 42.0 Å². The summed E-state index contributed by atoms with van der Waals surface area (Å²) < 4.78 is 0. The molecule has 1 aliphatic carbocycles. The normalized spacial score (nSPS) is 17.5. The molecule has 4 rings (SSSR count). The highest BCUT2D eigenvalue weighted by molar-refractivity contribution is 5.83. The molecule has 3 aromatic carbocycles. The SMILES string of the molecule is Cc1ccc([C@@H](O)[C@H]2CCC2=C(c2ccccc2)c2ccccc2)cc1. The fourth-order valence-electron chi connectivity index (χ4n) is 3.86. The van der Waals surface area contributed by atoms with Gasteiger partial charge in [-0.3, -0.25) is 0 Å². The van der Waals surface area contributed by atoms with Gasteiger partial charge in [0.1, 0.15) is 0 Å². The molecule has 130 valence electrons. The monoisotopic (exact) mass is 340 g/mol. The quantitative estimate of drug-likeness (QED) is 0.623. The second kappa shape index (κ2) is 7.31. The molecule has 2 atom stereocenters. The average molecular weight is 340 g/mol. The first kappa shape index (κ1) is 16.8. The third-order valence-electron chi connectivity index (χ3n) is 5.42. The van der Waals surface area contributed by atoms with E-state index in [0.29, 0.717) is 0 Å². The molecule has 1 fully saturated rings. The van der Waals surface area contributed by atoms with Gasteiger partial charge in [-0.25, -0.2) is 0 Å². The highest BCUT2D eigenvalue weighted by Gasteiger charge is 2.34. The summed E-state index contributed by atoms with van der Waals surface area (Å²) in [5, 5.41) is 11.0. The largest absolute Gasteiger partial charge is 0.388 e. The number of aliphatic hydroxyl groups is 1. The Labute approximate surface area is 155 Å². The molecule has 0 bridgehead atoms. The summed E-state index contributed by atoms with van der Waals surface area (Å²) >= 11 is 0. The van der Waals surface area contributed by atoms with Gasteiger partial charge in [0.15, 0.2) is 0 Å². The lowest BCUT2D eigenvalue weighted by Gasteiger charge is -2.37. The van der Waals surface area contributed by atoms with Crippen LogP contribution < -0.4 is 0 Å². The topological polar surface area (TPSA) is 20.2 Å². The van der Waals surface area contributed by atoms with E-state index in [-0.39, 0.29) is 5.92 Å². The van der Waals surface area contributed by atoms with Crippen LogP contribution in [-0.2, 0) is 0 Å². The van der Waals surface area contributed by atoms with Crippen molar-refractivity contribution in [3.63, 3.8) is 0 Å². The van der Waals surface area contributed by atoms with Crippen molar-refractivity contribution >= 4 is 5.57 Å². The standard InChI is InChI=1S/C25H24O/c1-18-12-14-21(15-13-18)25(26)23-17-16-22(23)24(19-8-4-2-5-9-19)20-10-6-3-7-11-20/h2-15,23,25-26H,16-17H2,1H3/t23-,25+/m0/s1. The lowest BCUT2D eigenvalue weighted by molar-refractivity contribution is 0.0996. The highest BCUT2D eigenvalue weighted by atomic mass is 16.3. The second-order valence-electron chi connectivity index (χ2n) is 7.13. The molecular formula is C25H24O. The molecule has 0 unspecified atom stereocenters. The van der Waals surface area contributed by atoms with Crippen LogP contribution in [0.3, 0.4) is 0 Å². The summed E-state index contributed by atoms with van der Waals surface area (Å²) in [6, 6.07) is 29.4. The fourth-order valence-corrected chi connectivity index (χ4v) is 3.86. The molecule has 1 aliphatic rings. The smallest absolute Gasteiger partial charge is 0.0855 e. The van der Waals surface area contributed by atoms with Gasteiger partial charge >= 0.3 is 0 Å². The molecule has 0 spiro atoms. The van der Waals surface area contributed by atoms with Crippen LogP contribution in [0.1, 0.15) is 41.2 Å². The zero-order valence-electron chi connectivity index (χ0n) is 15.1. The Kier molecular flexibility index (Phi) is 4.73. The van der Waals surface area contributed by atoms with Crippen LogP contribution in [0.5, 0.6) is 0 Å². The van der Waals surface area contributed by atoms with E-state index in [4.69, 9.17) is 0 Å². The van der Waals surface area contributed by atoms with Crippen LogP contribution in [0, 0.1) is 12.8 Å². The Morgan fingerprint density at radius 1 is 0.808 bits per heavy atom. The van der Waals surface area contributed by atoms with Gasteiger partial charge < -0.3 is 5.11 Å². The number of aliphatic hydroxyl groups excluding tert-OH is 1. The maximum atomic E-state index is 11.0. The van der Waals surface area contributed by atoms with Crippen LogP contribution in [0.4, 0.5) is 0 Å². The van der Waals surface area contributed by atoms with Crippen LogP contribution in [0.15, 0.2) is 90.5 Å². The molecule has 1 saturated carbocycles. The molecule has 1 nitrogen and oxygen atoms in total. The van der Waals surface area contributed by atoms with Crippen LogP contribution in [0.25, 0.3) is 5.57 Å². The first-order valence-corrected chi connectivity index (χ1v) is 9.32. The number of benzene rings is 3. The van der Waals surface area contributed by atoms with Gasteiger partial charge in [-0.1, -0.05) is 96.1 Å². The molecule has 26 heavy (non-hydrogen) atoms.